The summed E-state index contributed by atoms with van der Waals surface area (Å²) in [5.74, 6) is 0. The lowest BCUT2D eigenvalue weighted by molar-refractivity contribution is 0.0677. The van der Waals surface area contributed by atoms with Crippen LogP contribution in [0.5, 0.6) is 0 Å². The van der Waals surface area contributed by atoms with E-state index in [0.29, 0.717) is 6.04 Å². The molecule has 0 unspecified atom stereocenters. The summed E-state index contributed by atoms with van der Waals surface area (Å²) in [6, 6.07) is 32.7. The summed E-state index contributed by atoms with van der Waals surface area (Å²) in [6.45, 7) is 6.99. The van der Waals surface area contributed by atoms with E-state index in [9.17, 15) is 0 Å². The number of piperazine rings is 1. The molecule has 0 spiro atoms. The smallest absolute Gasteiger partial charge is 0.0602 e. The van der Waals surface area contributed by atoms with Gasteiger partial charge in [0.15, 0.2) is 0 Å². The van der Waals surface area contributed by atoms with E-state index in [0.717, 1.165) is 52.4 Å². The van der Waals surface area contributed by atoms with Crippen LogP contribution >= 0.6 is 0 Å². The van der Waals surface area contributed by atoms with Gasteiger partial charge in [0.2, 0.25) is 0 Å². The molecule has 4 rings (SSSR count). The highest BCUT2D eigenvalue weighted by molar-refractivity contribution is 5.32. The van der Waals surface area contributed by atoms with Gasteiger partial charge in [-0.15, -0.1) is 0 Å². The first-order valence-corrected chi connectivity index (χ1v) is 11.1. The SMILES string of the molecule is c1ccc(CCOCCN2CCN(C(c3ccccc3)c3ccccc3)CC2)cc1. The molecule has 1 aliphatic heterocycles. The maximum atomic E-state index is 5.90. The molecule has 0 atom stereocenters. The monoisotopic (exact) mass is 400 g/mol. The molecule has 0 N–H and O–H groups in total. The van der Waals surface area contributed by atoms with E-state index in [1.54, 1.807) is 0 Å². The molecule has 0 aliphatic carbocycles. The van der Waals surface area contributed by atoms with E-state index in [4.69, 9.17) is 4.74 Å². The van der Waals surface area contributed by atoms with E-state index < -0.39 is 0 Å². The van der Waals surface area contributed by atoms with Gasteiger partial charge in [-0.3, -0.25) is 9.80 Å². The molecule has 0 bridgehead atoms. The van der Waals surface area contributed by atoms with Crippen molar-refractivity contribution in [3.63, 3.8) is 0 Å². The van der Waals surface area contributed by atoms with Crippen LogP contribution in [0, 0.1) is 0 Å². The molecule has 0 radical (unpaired) electrons. The van der Waals surface area contributed by atoms with E-state index in [1.165, 1.54) is 16.7 Å². The van der Waals surface area contributed by atoms with Gasteiger partial charge < -0.3 is 4.74 Å². The van der Waals surface area contributed by atoms with E-state index in [-0.39, 0.29) is 0 Å². The van der Waals surface area contributed by atoms with Crippen molar-refractivity contribution in [2.45, 2.75) is 12.5 Å². The van der Waals surface area contributed by atoms with Crippen LogP contribution in [-0.4, -0.2) is 55.7 Å². The fourth-order valence-electron chi connectivity index (χ4n) is 4.26. The summed E-state index contributed by atoms with van der Waals surface area (Å²) in [7, 11) is 0. The van der Waals surface area contributed by atoms with Gasteiger partial charge in [-0.2, -0.15) is 0 Å². The maximum Gasteiger partial charge on any atom is 0.0602 e. The van der Waals surface area contributed by atoms with Gasteiger partial charge in [-0.05, 0) is 23.1 Å². The van der Waals surface area contributed by atoms with Crippen molar-refractivity contribution < 1.29 is 4.74 Å². The van der Waals surface area contributed by atoms with Crippen LogP contribution < -0.4 is 0 Å². The zero-order valence-corrected chi connectivity index (χ0v) is 17.7. The van der Waals surface area contributed by atoms with Crippen LogP contribution in [0.4, 0.5) is 0 Å². The summed E-state index contributed by atoms with van der Waals surface area (Å²) >= 11 is 0. The molecule has 0 amide bonds. The lowest BCUT2D eigenvalue weighted by Crippen LogP contribution is -2.48. The van der Waals surface area contributed by atoms with Crippen molar-refractivity contribution in [2.75, 3.05) is 45.9 Å². The molecule has 0 aromatic heterocycles. The van der Waals surface area contributed by atoms with E-state index in [2.05, 4.69) is 101 Å². The Balaban J connectivity index is 1.25. The molecule has 1 saturated heterocycles. The number of hydrogen-bond acceptors (Lipinski definition) is 3. The third-order valence-electron chi connectivity index (χ3n) is 5.93. The Morgan fingerprint density at radius 2 is 1.17 bits per heavy atom. The molecule has 3 aromatic rings. The summed E-state index contributed by atoms with van der Waals surface area (Å²) in [6.07, 6.45) is 0.991. The first kappa shape index (κ1) is 20.8. The number of nitrogens with zero attached hydrogens (tertiary/aromatic N) is 2. The Morgan fingerprint density at radius 1 is 0.633 bits per heavy atom. The molecule has 3 aromatic carbocycles. The fourth-order valence-corrected chi connectivity index (χ4v) is 4.26. The number of hydrogen-bond donors (Lipinski definition) is 0. The summed E-state index contributed by atoms with van der Waals surface area (Å²) in [5.41, 5.74) is 4.10. The van der Waals surface area contributed by atoms with Gasteiger partial charge in [0.1, 0.15) is 0 Å². The van der Waals surface area contributed by atoms with Crippen molar-refractivity contribution in [2.24, 2.45) is 0 Å². The highest BCUT2D eigenvalue weighted by Crippen LogP contribution is 2.29. The third-order valence-corrected chi connectivity index (χ3v) is 5.93. The minimum Gasteiger partial charge on any atom is -0.380 e. The highest BCUT2D eigenvalue weighted by atomic mass is 16.5. The largest absolute Gasteiger partial charge is 0.380 e. The van der Waals surface area contributed by atoms with Gasteiger partial charge in [0.25, 0.3) is 0 Å². The second-order valence-corrected chi connectivity index (χ2v) is 7.95. The van der Waals surface area contributed by atoms with Gasteiger partial charge in [0.05, 0.1) is 19.3 Å². The summed E-state index contributed by atoms with van der Waals surface area (Å²) in [5, 5.41) is 0. The first-order valence-electron chi connectivity index (χ1n) is 11.1. The Kier molecular flexibility index (Phi) is 7.68. The quantitative estimate of drug-likeness (QED) is 0.486. The van der Waals surface area contributed by atoms with Crippen LogP contribution in [0.15, 0.2) is 91.0 Å². The predicted octanol–water partition coefficient (Wildman–Crippen LogP) is 4.65. The number of ether oxygens (including phenoxy) is 1. The fraction of sp³-hybridized carbons (Fsp3) is 0.333. The lowest BCUT2D eigenvalue weighted by atomic mass is 9.96. The zero-order valence-electron chi connectivity index (χ0n) is 17.7. The Bertz CT molecular complexity index is 806. The molecular formula is C27H32N2O. The zero-order chi connectivity index (χ0) is 20.4. The highest BCUT2D eigenvalue weighted by Gasteiger charge is 2.26. The average molecular weight is 401 g/mol. The van der Waals surface area contributed by atoms with Crippen LogP contribution in [-0.2, 0) is 11.2 Å². The Labute approximate surface area is 180 Å². The molecule has 156 valence electrons. The molecule has 3 nitrogen and oxygen atoms in total. The molecule has 0 saturated carbocycles. The molecule has 30 heavy (non-hydrogen) atoms. The minimum atomic E-state index is 0.330. The van der Waals surface area contributed by atoms with Crippen molar-refractivity contribution >= 4 is 0 Å². The van der Waals surface area contributed by atoms with Crippen LogP contribution in [0.25, 0.3) is 0 Å². The van der Waals surface area contributed by atoms with Crippen LogP contribution in [0.1, 0.15) is 22.7 Å². The molecule has 1 fully saturated rings. The van der Waals surface area contributed by atoms with Gasteiger partial charge in [-0.25, -0.2) is 0 Å². The topological polar surface area (TPSA) is 15.7 Å². The predicted molar refractivity (Wildman–Crippen MR) is 124 cm³/mol. The number of benzene rings is 3. The summed E-state index contributed by atoms with van der Waals surface area (Å²) in [4.78, 5) is 5.16. The van der Waals surface area contributed by atoms with Gasteiger partial charge >= 0.3 is 0 Å². The first-order chi connectivity index (χ1) is 14.9. The molecule has 1 aliphatic rings. The van der Waals surface area contributed by atoms with Crippen molar-refractivity contribution in [3.8, 4) is 0 Å². The Hall–Kier alpha value is -2.46. The minimum absolute atomic E-state index is 0.330. The maximum absolute atomic E-state index is 5.90. The lowest BCUT2D eigenvalue weighted by Gasteiger charge is -2.39. The second kappa shape index (κ2) is 11.1. The van der Waals surface area contributed by atoms with Crippen molar-refractivity contribution in [3.05, 3.63) is 108 Å². The van der Waals surface area contributed by atoms with Gasteiger partial charge in [0, 0.05) is 32.7 Å². The van der Waals surface area contributed by atoms with Crippen LogP contribution in [0.3, 0.4) is 0 Å². The average Bonchev–Trinajstić information content (AvgIpc) is 2.82. The number of rotatable bonds is 9. The van der Waals surface area contributed by atoms with Gasteiger partial charge in [-0.1, -0.05) is 91.0 Å². The standard InChI is InChI=1S/C27H32N2O/c1-4-10-24(11-5-1)16-22-30-23-21-28-17-19-29(20-18-28)27(25-12-6-2-7-13-25)26-14-8-3-9-15-26/h1-15,27H,16-23H2. The van der Waals surface area contributed by atoms with Crippen molar-refractivity contribution in [1.82, 2.24) is 9.80 Å². The molecule has 1 heterocycles. The van der Waals surface area contributed by atoms with Crippen LogP contribution in [0.2, 0.25) is 0 Å². The summed E-state index contributed by atoms with van der Waals surface area (Å²) < 4.78 is 5.90. The third kappa shape index (κ3) is 5.79. The molecular weight excluding hydrogens is 368 g/mol. The van der Waals surface area contributed by atoms with E-state index in [1.807, 2.05) is 0 Å². The normalized spacial score (nSPS) is 15.5. The molecule has 3 heteroatoms. The van der Waals surface area contributed by atoms with Crippen molar-refractivity contribution in [1.29, 1.82) is 0 Å². The Morgan fingerprint density at radius 3 is 1.73 bits per heavy atom. The van der Waals surface area contributed by atoms with E-state index >= 15 is 0 Å². The second-order valence-electron chi connectivity index (χ2n) is 7.95.